The summed E-state index contributed by atoms with van der Waals surface area (Å²) in [5, 5.41) is 17.3. The molecule has 1 unspecified atom stereocenters. The predicted octanol–water partition coefficient (Wildman–Crippen LogP) is 2.44. The molecule has 1 rings (SSSR count). The van der Waals surface area contributed by atoms with E-state index < -0.39 is 5.97 Å². The second-order valence-electron chi connectivity index (χ2n) is 6.11. The Kier molecular flexibility index (Phi) is 7.02. The highest BCUT2D eigenvalue weighted by Crippen LogP contribution is 2.27. The number of esters is 1. The van der Waals surface area contributed by atoms with E-state index in [0.717, 1.165) is 5.69 Å². The van der Waals surface area contributed by atoms with Gasteiger partial charge in [0.05, 0.1) is 28.4 Å². The Balaban J connectivity index is 3.03. The van der Waals surface area contributed by atoms with Crippen LogP contribution in [0.1, 0.15) is 57.2 Å². The molecule has 1 aromatic heterocycles. The zero-order valence-corrected chi connectivity index (χ0v) is 15.5. The normalized spacial score (nSPS) is 13.2. The molecular formula is C15H26BrN3O3. The lowest BCUT2D eigenvalue weighted by Crippen LogP contribution is -2.28. The highest BCUT2D eigenvalue weighted by Gasteiger charge is 2.28. The second kappa shape index (κ2) is 8.08. The van der Waals surface area contributed by atoms with Crippen molar-refractivity contribution in [3.8, 4) is 0 Å². The highest BCUT2D eigenvalue weighted by atomic mass is 79.9. The van der Waals surface area contributed by atoms with E-state index in [1.165, 1.54) is 0 Å². The predicted molar refractivity (Wildman–Crippen MR) is 88.9 cm³/mol. The molecule has 0 saturated heterocycles. The molecule has 0 bridgehead atoms. The van der Waals surface area contributed by atoms with E-state index in [9.17, 15) is 9.90 Å². The number of nitrogens with zero attached hydrogens (tertiary/aromatic N) is 2. The average molecular weight is 376 g/mol. The zero-order chi connectivity index (χ0) is 16.9. The van der Waals surface area contributed by atoms with Crippen molar-refractivity contribution in [3.63, 3.8) is 0 Å². The van der Waals surface area contributed by atoms with Gasteiger partial charge in [0.2, 0.25) is 0 Å². The van der Waals surface area contributed by atoms with Crippen LogP contribution in [0.15, 0.2) is 4.47 Å². The number of carbonyl (C=O) groups is 1. The van der Waals surface area contributed by atoms with E-state index in [1.54, 1.807) is 11.6 Å². The van der Waals surface area contributed by atoms with Crippen LogP contribution in [-0.2, 0) is 16.8 Å². The lowest BCUT2D eigenvalue weighted by molar-refractivity contribution is 0.0502. The second-order valence-corrected chi connectivity index (χ2v) is 6.90. The summed E-state index contributed by atoms with van der Waals surface area (Å²) in [5.41, 5.74) is 0.801. The third-order valence-corrected chi connectivity index (χ3v) is 3.97. The van der Waals surface area contributed by atoms with E-state index in [4.69, 9.17) is 4.74 Å². The minimum atomic E-state index is -0.392. The summed E-state index contributed by atoms with van der Waals surface area (Å²) in [6.45, 7) is 10.9. The summed E-state index contributed by atoms with van der Waals surface area (Å²) in [5.74, 6) is -0.392. The minimum absolute atomic E-state index is 0.316. The summed E-state index contributed by atoms with van der Waals surface area (Å²) in [4.78, 5) is 12.2. The molecule has 0 aromatic carbocycles. The topological polar surface area (TPSA) is 76.4 Å². The number of ether oxygens (including phenoxy) is 1. The van der Waals surface area contributed by atoms with Gasteiger partial charge < -0.3 is 15.2 Å². The molecule has 0 radical (unpaired) electrons. The molecule has 22 heavy (non-hydrogen) atoms. The molecular weight excluding hydrogens is 350 g/mol. The van der Waals surface area contributed by atoms with Crippen LogP contribution in [0.25, 0.3) is 0 Å². The number of hydrogen-bond acceptors (Lipinski definition) is 5. The SMILES string of the molecule is CCOC(=O)c1c(Br)c(CNCC(O)CC)nn1C(C)(C)C. The lowest BCUT2D eigenvalue weighted by atomic mass is 10.1. The van der Waals surface area contributed by atoms with Crippen molar-refractivity contribution in [2.75, 3.05) is 13.2 Å². The standard InChI is InChI=1S/C15H26BrN3O3/c1-6-10(20)8-17-9-11-12(16)13(14(21)22-7-2)19(18-11)15(3,4)5/h10,17,20H,6-9H2,1-5H3. The van der Waals surface area contributed by atoms with Crippen molar-refractivity contribution in [3.05, 3.63) is 15.9 Å². The average Bonchev–Trinajstić information content (AvgIpc) is 2.76. The van der Waals surface area contributed by atoms with Gasteiger partial charge in [-0.15, -0.1) is 0 Å². The van der Waals surface area contributed by atoms with Gasteiger partial charge in [-0.2, -0.15) is 5.10 Å². The van der Waals surface area contributed by atoms with Gasteiger partial charge in [0.15, 0.2) is 5.69 Å². The fourth-order valence-corrected chi connectivity index (χ4v) is 2.47. The Morgan fingerprint density at radius 2 is 2.09 bits per heavy atom. The molecule has 126 valence electrons. The van der Waals surface area contributed by atoms with Gasteiger partial charge in [-0.25, -0.2) is 4.79 Å². The van der Waals surface area contributed by atoms with Crippen LogP contribution in [0, 0.1) is 0 Å². The van der Waals surface area contributed by atoms with Crippen molar-refractivity contribution in [2.45, 2.75) is 59.2 Å². The van der Waals surface area contributed by atoms with Gasteiger partial charge >= 0.3 is 5.97 Å². The zero-order valence-electron chi connectivity index (χ0n) is 13.9. The molecule has 0 amide bonds. The summed E-state index contributed by atoms with van der Waals surface area (Å²) < 4.78 is 7.45. The van der Waals surface area contributed by atoms with Gasteiger partial charge in [0.1, 0.15) is 0 Å². The lowest BCUT2D eigenvalue weighted by Gasteiger charge is -2.21. The van der Waals surface area contributed by atoms with Crippen LogP contribution in [0.5, 0.6) is 0 Å². The molecule has 0 saturated carbocycles. The number of rotatable bonds is 7. The van der Waals surface area contributed by atoms with Gasteiger partial charge in [-0.05, 0) is 50.0 Å². The molecule has 1 aromatic rings. The van der Waals surface area contributed by atoms with Gasteiger partial charge in [-0.3, -0.25) is 4.68 Å². The molecule has 0 fully saturated rings. The third-order valence-electron chi connectivity index (χ3n) is 3.14. The Morgan fingerprint density at radius 3 is 2.59 bits per heavy atom. The summed E-state index contributed by atoms with van der Waals surface area (Å²) in [6.07, 6.45) is 0.312. The Morgan fingerprint density at radius 1 is 1.45 bits per heavy atom. The van der Waals surface area contributed by atoms with Crippen molar-refractivity contribution in [1.29, 1.82) is 0 Å². The smallest absolute Gasteiger partial charge is 0.357 e. The molecule has 0 aliphatic rings. The van der Waals surface area contributed by atoms with Crippen molar-refractivity contribution < 1.29 is 14.6 Å². The van der Waals surface area contributed by atoms with E-state index in [1.807, 2.05) is 27.7 Å². The number of aliphatic hydroxyl groups excluding tert-OH is 1. The minimum Gasteiger partial charge on any atom is -0.461 e. The Labute approximate surface area is 140 Å². The summed E-state index contributed by atoms with van der Waals surface area (Å²) >= 11 is 3.46. The molecule has 0 aliphatic heterocycles. The Hall–Kier alpha value is -0.920. The van der Waals surface area contributed by atoms with E-state index in [2.05, 4.69) is 26.3 Å². The van der Waals surface area contributed by atoms with E-state index >= 15 is 0 Å². The highest BCUT2D eigenvalue weighted by molar-refractivity contribution is 9.10. The van der Waals surface area contributed by atoms with Crippen molar-refractivity contribution >= 4 is 21.9 Å². The maximum atomic E-state index is 12.2. The first kappa shape index (κ1) is 19.1. The number of aliphatic hydroxyl groups is 1. The van der Waals surface area contributed by atoms with Crippen LogP contribution in [0.2, 0.25) is 0 Å². The van der Waals surface area contributed by atoms with E-state index in [-0.39, 0.29) is 11.6 Å². The quantitative estimate of drug-likeness (QED) is 0.715. The van der Waals surface area contributed by atoms with Crippen LogP contribution < -0.4 is 5.32 Å². The van der Waals surface area contributed by atoms with Crippen molar-refractivity contribution in [1.82, 2.24) is 15.1 Å². The molecule has 0 aliphatic carbocycles. The molecule has 0 spiro atoms. The fourth-order valence-electron chi connectivity index (χ4n) is 1.92. The van der Waals surface area contributed by atoms with Gasteiger partial charge in [0, 0.05) is 13.1 Å². The summed E-state index contributed by atoms with van der Waals surface area (Å²) in [7, 11) is 0. The van der Waals surface area contributed by atoms with Crippen LogP contribution in [0.3, 0.4) is 0 Å². The maximum absolute atomic E-state index is 12.2. The number of hydrogen-bond donors (Lipinski definition) is 2. The van der Waals surface area contributed by atoms with Crippen LogP contribution in [0.4, 0.5) is 0 Å². The number of halogens is 1. The summed E-state index contributed by atoms with van der Waals surface area (Å²) in [6, 6.07) is 0. The molecule has 7 heteroatoms. The first-order valence-corrected chi connectivity index (χ1v) is 8.35. The molecule has 1 atom stereocenters. The van der Waals surface area contributed by atoms with Gasteiger partial charge in [0.25, 0.3) is 0 Å². The van der Waals surface area contributed by atoms with Crippen LogP contribution >= 0.6 is 15.9 Å². The largest absolute Gasteiger partial charge is 0.461 e. The number of carbonyl (C=O) groups excluding carboxylic acids is 1. The van der Waals surface area contributed by atoms with Crippen LogP contribution in [-0.4, -0.2) is 40.1 Å². The molecule has 6 nitrogen and oxygen atoms in total. The fraction of sp³-hybridized carbons (Fsp3) is 0.733. The third kappa shape index (κ3) is 4.79. The molecule has 1 heterocycles. The Bertz CT molecular complexity index is 509. The maximum Gasteiger partial charge on any atom is 0.357 e. The number of nitrogens with one attached hydrogen (secondary N) is 1. The first-order chi connectivity index (χ1) is 10.2. The van der Waals surface area contributed by atoms with Gasteiger partial charge in [-0.1, -0.05) is 6.92 Å². The first-order valence-electron chi connectivity index (χ1n) is 7.56. The molecule has 2 N–H and O–H groups in total. The van der Waals surface area contributed by atoms with E-state index in [0.29, 0.717) is 36.3 Å². The monoisotopic (exact) mass is 375 g/mol. The number of aromatic nitrogens is 2. The van der Waals surface area contributed by atoms with Crippen molar-refractivity contribution in [2.24, 2.45) is 0 Å².